The Kier molecular flexibility index (Phi) is 5.11. The summed E-state index contributed by atoms with van der Waals surface area (Å²) < 4.78 is 13.9. The molecule has 0 radical (unpaired) electrons. The minimum Gasteiger partial charge on any atom is -0.351 e. The molecule has 3 aromatic rings. The van der Waals surface area contributed by atoms with E-state index in [-0.39, 0.29) is 5.56 Å². The molecule has 0 aliphatic heterocycles. The van der Waals surface area contributed by atoms with Gasteiger partial charge in [-0.05, 0) is 37.1 Å². The average Bonchev–Trinajstić information content (AvgIpc) is 3.22. The smallest absolute Gasteiger partial charge is 0.225 e. The van der Waals surface area contributed by atoms with E-state index in [4.69, 9.17) is 0 Å². The molecule has 0 spiro atoms. The summed E-state index contributed by atoms with van der Waals surface area (Å²) in [6.07, 6.45) is 7.98. The van der Waals surface area contributed by atoms with Gasteiger partial charge < -0.3 is 10.6 Å². The zero-order valence-corrected chi connectivity index (χ0v) is 15.2. The summed E-state index contributed by atoms with van der Waals surface area (Å²) in [5, 5.41) is 15.7. The second-order valence-electron chi connectivity index (χ2n) is 6.72. The van der Waals surface area contributed by atoms with Gasteiger partial charge in [0.2, 0.25) is 5.95 Å². The van der Waals surface area contributed by atoms with Gasteiger partial charge in [0.05, 0.1) is 11.4 Å². The predicted molar refractivity (Wildman–Crippen MR) is 106 cm³/mol. The number of nitriles is 1. The van der Waals surface area contributed by atoms with E-state index < -0.39 is 5.82 Å². The zero-order valence-electron chi connectivity index (χ0n) is 15.2. The van der Waals surface area contributed by atoms with E-state index in [0.717, 1.165) is 24.1 Å². The van der Waals surface area contributed by atoms with E-state index >= 15 is 0 Å². The van der Waals surface area contributed by atoms with Crippen LogP contribution in [0.4, 0.5) is 21.8 Å². The van der Waals surface area contributed by atoms with Gasteiger partial charge in [-0.25, -0.2) is 9.37 Å². The Balaban J connectivity index is 1.71. The number of halogens is 1. The average molecular weight is 374 g/mol. The molecule has 0 amide bonds. The zero-order chi connectivity index (χ0) is 19.3. The summed E-state index contributed by atoms with van der Waals surface area (Å²) in [5.41, 5.74) is 1.94. The Hall–Kier alpha value is -3.53. The SMILES string of the molecule is N#Cc1c(F)cccc1Nc1cc(-c2ccncc2)nc(NC2CCCC2)n1. The van der Waals surface area contributed by atoms with Crippen molar-refractivity contribution in [3.8, 4) is 17.3 Å². The quantitative estimate of drug-likeness (QED) is 0.676. The maximum Gasteiger partial charge on any atom is 0.225 e. The van der Waals surface area contributed by atoms with Gasteiger partial charge in [-0.1, -0.05) is 18.9 Å². The molecule has 2 heterocycles. The van der Waals surface area contributed by atoms with Crippen molar-refractivity contribution in [2.75, 3.05) is 10.6 Å². The minimum absolute atomic E-state index is 0.0446. The molecule has 1 aliphatic carbocycles. The van der Waals surface area contributed by atoms with Crippen molar-refractivity contribution in [2.24, 2.45) is 0 Å². The molecule has 0 atom stereocenters. The van der Waals surface area contributed by atoms with Crippen molar-refractivity contribution < 1.29 is 4.39 Å². The molecule has 1 aliphatic rings. The molecular weight excluding hydrogens is 355 g/mol. The lowest BCUT2D eigenvalue weighted by atomic mass is 10.1. The fraction of sp³-hybridized carbons (Fsp3) is 0.238. The van der Waals surface area contributed by atoms with Crippen LogP contribution in [-0.4, -0.2) is 21.0 Å². The van der Waals surface area contributed by atoms with E-state index in [1.807, 2.05) is 18.2 Å². The highest BCUT2D eigenvalue weighted by molar-refractivity contribution is 5.70. The Bertz CT molecular complexity index is 1010. The molecule has 28 heavy (non-hydrogen) atoms. The number of benzene rings is 1. The summed E-state index contributed by atoms with van der Waals surface area (Å²) in [6.45, 7) is 0. The molecule has 0 saturated heterocycles. The van der Waals surface area contributed by atoms with Crippen LogP contribution in [0, 0.1) is 17.1 Å². The monoisotopic (exact) mass is 374 g/mol. The number of nitrogens with zero attached hydrogens (tertiary/aromatic N) is 4. The van der Waals surface area contributed by atoms with Crippen molar-refractivity contribution in [1.29, 1.82) is 5.26 Å². The summed E-state index contributed by atoms with van der Waals surface area (Å²) in [5.74, 6) is 0.434. The van der Waals surface area contributed by atoms with Crippen LogP contribution in [0.3, 0.4) is 0 Å². The summed E-state index contributed by atoms with van der Waals surface area (Å²) in [4.78, 5) is 13.2. The highest BCUT2D eigenvalue weighted by Crippen LogP contribution is 2.27. The maximum absolute atomic E-state index is 13.9. The van der Waals surface area contributed by atoms with Gasteiger partial charge in [-0.15, -0.1) is 0 Å². The largest absolute Gasteiger partial charge is 0.351 e. The summed E-state index contributed by atoms with van der Waals surface area (Å²) >= 11 is 0. The van der Waals surface area contributed by atoms with E-state index in [9.17, 15) is 9.65 Å². The molecule has 1 aromatic carbocycles. The van der Waals surface area contributed by atoms with Crippen molar-refractivity contribution >= 4 is 17.5 Å². The molecular formula is C21H19FN6. The number of hydrogen-bond donors (Lipinski definition) is 2. The summed E-state index contributed by atoms with van der Waals surface area (Å²) in [6, 6.07) is 12.2. The molecule has 1 saturated carbocycles. The first-order chi connectivity index (χ1) is 13.7. The lowest BCUT2D eigenvalue weighted by Crippen LogP contribution is -2.17. The van der Waals surface area contributed by atoms with Crippen LogP contribution >= 0.6 is 0 Å². The first-order valence-electron chi connectivity index (χ1n) is 9.24. The van der Waals surface area contributed by atoms with Gasteiger partial charge in [0.1, 0.15) is 23.3 Å². The van der Waals surface area contributed by atoms with Gasteiger partial charge >= 0.3 is 0 Å². The number of aromatic nitrogens is 3. The topological polar surface area (TPSA) is 86.5 Å². The second-order valence-corrected chi connectivity index (χ2v) is 6.72. The fourth-order valence-corrected chi connectivity index (χ4v) is 3.38. The van der Waals surface area contributed by atoms with Crippen molar-refractivity contribution in [3.05, 3.63) is 60.2 Å². The van der Waals surface area contributed by atoms with Gasteiger partial charge in [0.15, 0.2) is 0 Å². The molecule has 0 bridgehead atoms. The Labute approximate surface area is 162 Å². The van der Waals surface area contributed by atoms with Crippen LogP contribution in [0.5, 0.6) is 0 Å². The van der Waals surface area contributed by atoms with Crippen molar-refractivity contribution in [2.45, 2.75) is 31.7 Å². The highest BCUT2D eigenvalue weighted by Gasteiger charge is 2.17. The highest BCUT2D eigenvalue weighted by atomic mass is 19.1. The van der Waals surface area contributed by atoms with E-state index in [0.29, 0.717) is 23.5 Å². The normalized spacial score (nSPS) is 13.9. The number of pyridine rings is 1. The summed E-state index contributed by atoms with van der Waals surface area (Å²) in [7, 11) is 0. The van der Waals surface area contributed by atoms with Gasteiger partial charge in [0.25, 0.3) is 0 Å². The Morgan fingerprint density at radius 3 is 2.61 bits per heavy atom. The molecule has 1 fully saturated rings. The molecule has 4 rings (SSSR count). The third-order valence-electron chi connectivity index (χ3n) is 4.78. The van der Waals surface area contributed by atoms with E-state index in [2.05, 4.69) is 25.6 Å². The second kappa shape index (κ2) is 8.01. The Morgan fingerprint density at radius 1 is 1.07 bits per heavy atom. The maximum atomic E-state index is 13.9. The third-order valence-corrected chi connectivity index (χ3v) is 4.78. The van der Waals surface area contributed by atoms with Crippen LogP contribution < -0.4 is 10.6 Å². The minimum atomic E-state index is -0.569. The fourth-order valence-electron chi connectivity index (χ4n) is 3.38. The van der Waals surface area contributed by atoms with Crippen LogP contribution in [0.2, 0.25) is 0 Å². The molecule has 6 nitrogen and oxygen atoms in total. The van der Waals surface area contributed by atoms with E-state index in [1.165, 1.54) is 18.9 Å². The first kappa shape index (κ1) is 17.9. The third kappa shape index (κ3) is 3.91. The molecule has 7 heteroatoms. The molecule has 140 valence electrons. The van der Waals surface area contributed by atoms with Crippen LogP contribution in [0.1, 0.15) is 31.2 Å². The molecule has 2 aromatic heterocycles. The number of rotatable bonds is 5. The van der Waals surface area contributed by atoms with Crippen LogP contribution in [0.25, 0.3) is 11.3 Å². The number of hydrogen-bond acceptors (Lipinski definition) is 6. The molecule has 0 unspecified atom stereocenters. The number of nitrogens with one attached hydrogen (secondary N) is 2. The van der Waals surface area contributed by atoms with Crippen LogP contribution in [0.15, 0.2) is 48.8 Å². The van der Waals surface area contributed by atoms with Crippen molar-refractivity contribution in [1.82, 2.24) is 15.0 Å². The lowest BCUT2D eigenvalue weighted by molar-refractivity contribution is 0.624. The van der Waals surface area contributed by atoms with E-state index in [1.54, 1.807) is 30.6 Å². The van der Waals surface area contributed by atoms with Crippen LogP contribution in [-0.2, 0) is 0 Å². The van der Waals surface area contributed by atoms with Crippen molar-refractivity contribution in [3.63, 3.8) is 0 Å². The Morgan fingerprint density at radius 2 is 1.86 bits per heavy atom. The first-order valence-corrected chi connectivity index (χ1v) is 9.24. The van der Waals surface area contributed by atoms with Gasteiger partial charge in [-0.3, -0.25) is 4.98 Å². The lowest BCUT2D eigenvalue weighted by Gasteiger charge is -2.15. The standard InChI is InChI=1S/C21H19FN6/c22-17-6-3-7-18(16(17)13-23)26-20-12-19(14-8-10-24-11-9-14)27-21(28-20)25-15-4-1-2-5-15/h3,6-12,15H,1-2,4-5H2,(H2,25,26,27,28). The van der Waals surface area contributed by atoms with Gasteiger partial charge in [0, 0.05) is 30.1 Å². The van der Waals surface area contributed by atoms with Gasteiger partial charge in [-0.2, -0.15) is 10.2 Å². The number of anilines is 3. The predicted octanol–water partition coefficient (Wildman–Crippen LogP) is 4.65. The molecule has 2 N–H and O–H groups in total.